The molecule has 210 valence electrons. The van der Waals surface area contributed by atoms with Gasteiger partial charge in [0.1, 0.15) is 35.0 Å². The molecule has 1 atom stereocenters. The molecule has 0 aromatic heterocycles. The van der Waals surface area contributed by atoms with Crippen molar-refractivity contribution in [2.75, 3.05) is 20.8 Å². The van der Waals surface area contributed by atoms with Crippen LogP contribution in [0.1, 0.15) is 27.0 Å². The topological polar surface area (TPSA) is 163 Å². The number of ether oxygens (including phenoxy) is 3. The van der Waals surface area contributed by atoms with Gasteiger partial charge in [-0.05, 0) is 35.4 Å². The molecule has 10 heteroatoms. The number of phenols is 3. The van der Waals surface area contributed by atoms with Crippen LogP contribution in [0, 0.1) is 0 Å². The molecule has 1 aliphatic heterocycles. The Morgan fingerprint density at radius 3 is 2.29 bits per heavy atom. The van der Waals surface area contributed by atoms with E-state index in [-0.39, 0.29) is 53.1 Å². The summed E-state index contributed by atoms with van der Waals surface area (Å²) in [5.74, 6) is -1.33. The van der Waals surface area contributed by atoms with E-state index in [1.165, 1.54) is 44.6 Å². The fraction of sp³-hybridized carbons (Fsp3) is 0.161. The predicted octanol–water partition coefficient (Wildman–Crippen LogP) is 3.72. The third-order valence-electron chi connectivity index (χ3n) is 7.01. The highest BCUT2D eigenvalue weighted by molar-refractivity contribution is 6.12. The lowest BCUT2D eigenvalue weighted by Gasteiger charge is -2.33. The zero-order chi connectivity index (χ0) is 29.5. The quantitative estimate of drug-likeness (QED) is 0.236. The number of aliphatic hydroxyl groups excluding tert-OH is 1. The summed E-state index contributed by atoms with van der Waals surface area (Å²) in [5, 5.41) is 50.0. The molecule has 41 heavy (non-hydrogen) atoms. The number of phenolic OH excluding ortho intramolecular Hbond substituents is 3. The van der Waals surface area contributed by atoms with E-state index in [1.807, 2.05) is 6.07 Å². The molecule has 2 aliphatic carbocycles. The fourth-order valence-corrected chi connectivity index (χ4v) is 5.08. The van der Waals surface area contributed by atoms with E-state index in [4.69, 9.17) is 14.2 Å². The molecule has 0 radical (unpaired) electrons. The minimum Gasteiger partial charge on any atom is -0.507 e. The maximum atomic E-state index is 12.4. The lowest BCUT2D eigenvalue weighted by Crippen LogP contribution is -2.39. The average Bonchev–Trinajstić information content (AvgIpc) is 3.26. The summed E-state index contributed by atoms with van der Waals surface area (Å²) in [7, 11) is 2.92. The maximum Gasteiger partial charge on any atom is 0.224 e. The highest BCUT2D eigenvalue weighted by atomic mass is 16.5. The van der Waals surface area contributed by atoms with Gasteiger partial charge in [-0.1, -0.05) is 30.3 Å². The predicted molar refractivity (Wildman–Crippen MR) is 146 cm³/mol. The number of methoxy groups -OCH3 is 2. The van der Waals surface area contributed by atoms with Crippen molar-refractivity contribution in [2.24, 2.45) is 0 Å². The third-order valence-corrected chi connectivity index (χ3v) is 7.01. The second-order valence-electron chi connectivity index (χ2n) is 9.58. The third kappa shape index (κ3) is 4.74. The lowest BCUT2D eigenvalue weighted by atomic mass is 9.85. The largest absolute Gasteiger partial charge is 0.507 e. The second kappa shape index (κ2) is 10.4. The average molecular weight is 559 g/mol. The van der Waals surface area contributed by atoms with Crippen LogP contribution in [0.4, 0.5) is 0 Å². The summed E-state index contributed by atoms with van der Waals surface area (Å²) in [6.07, 6.45) is 2.90. The number of carbonyl (C=O) groups excluding carboxylic acids is 2. The van der Waals surface area contributed by atoms with E-state index in [1.54, 1.807) is 30.3 Å². The van der Waals surface area contributed by atoms with Crippen LogP contribution >= 0.6 is 0 Å². The molecular weight excluding hydrogens is 532 g/mol. The number of hydrogen-bond donors (Lipinski definition) is 5. The fourth-order valence-electron chi connectivity index (χ4n) is 5.08. The number of aromatic hydroxyl groups is 3. The van der Waals surface area contributed by atoms with Crippen molar-refractivity contribution in [3.63, 3.8) is 0 Å². The number of carbonyl (C=O) groups is 2. The normalized spacial score (nSPS) is 18.5. The summed E-state index contributed by atoms with van der Waals surface area (Å²) in [5.41, 5.74) is 1.42. The molecule has 1 heterocycles. The molecule has 3 aromatic rings. The Morgan fingerprint density at radius 2 is 1.61 bits per heavy atom. The van der Waals surface area contributed by atoms with E-state index < -0.39 is 17.1 Å². The minimum atomic E-state index is -1.33. The van der Waals surface area contributed by atoms with Gasteiger partial charge in [-0.25, -0.2) is 0 Å². The number of rotatable bonds is 4. The first-order chi connectivity index (χ1) is 19.6. The lowest BCUT2D eigenvalue weighted by molar-refractivity contribution is -0.114. The molecule has 0 fully saturated rings. The SMILES string of the molecule is COc1cc(O)c(C(=O)c2ccccc2)c(OC)c1.O=C1C=CC2=C3c4cc(O)c(O)cc4CC3(O)COC2=C1O. The Labute approximate surface area is 234 Å². The van der Waals surface area contributed by atoms with E-state index in [0.29, 0.717) is 33.6 Å². The zero-order valence-electron chi connectivity index (χ0n) is 22.0. The molecule has 6 rings (SSSR count). The first-order valence-corrected chi connectivity index (χ1v) is 12.4. The molecule has 10 nitrogen and oxygen atoms in total. The van der Waals surface area contributed by atoms with Crippen molar-refractivity contribution in [1.29, 1.82) is 0 Å². The molecule has 3 aliphatic rings. The van der Waals surface area contributed by atoms with Crippen molar-refractivity contribution < 1.29 is 49.3 Å². The minimum absolute atomic E-state index is 0.0348. The Morgan fingerprint density at radius 1 is 0.902 bits per heavy atom. The summed E-state index contributed by atoms with van der Waals surface area (Å²) >= 11 is 0. The Bertz CT molecular complexity index is 1670. The monoisotopic (exact) mass is 558 g/mol. The van der Waals surface area contributed by atoms with E-state index in [9.17, 15) is 35.1 Å². The molecule has 0 saturated heterocycles. The van der Waals surface area contributed by atoms with Crippen LogP contribution in [-0.2, 0) is 16.0 Å². The number of hydrogen-bond acceptors (Lipinski definition) is 10. The van der Waals surface area contributed by atoms with Crippen LogP contribution < -0.4 is 9.47 Å². The Kier molecular flexibility index (Phi) is 6.94. The van der Waals surface area contributed by atoms with Gasteiger partial charge < -0.3 is 39.7 Å². The number of allylic oxidation sites excluding steroid dienone is 2. The van der Waals surface area contributed by atoms with Crippen molar-refractivity contribution in [1.82, 2.24) is 0 Å². The first-order valence-electron chi connectivity index (χ1n) is 12.4. The van der Waals surface area contributed by atoms with E-state index >= 15 is 0 Å². The van der Waals surface area contributed by atoms with E-state index in [0.717, 1.165) is 0 Å². The molecule has 0 amide bonds. The van der Waals surface area contributed by atoms with Crippen LogP contribution in [0.15, 0.2) is 83.8 Å². The van der Waals surface area contributed by atoms with Gasteiger partial charge in [0, 0.05) is 35.3 Å². The summed E-state index contributed by atoms with van der Waals surface area (Å²) < 4.78 is 15.6. The molecular formula is C31H26O10. The summed E-state index contributed by atoms with van der Waals surface area (Å²) in [4.78, 5) is 23.9. The molecule has 0 spiro atoms. The smallest absolute Gasteiger partial charge is 0.224 e. The maximum absolute atomic E-state index is 12.4. The van der Waals surface area contributed by atoms with Gasteiger partial charge in [-0.15, -0.1) is 0 Å². The van der Waals surface area contributed by atoms with Crippen molar-refractivity contribution in [2.45, 2.75) is 12.0 Å². The highest BCUT2D eigenvalue weighted by Gasteiger charge is 2.47. The van der Waals surface area contributed by atoms with Crippen LogP contribution in [0.5, 0.6) is 28.7 Å². The Balaban J connectivity index is 0.000000167. The van der Waals surface area contributed by atoms with Crippen LogP contribution in [-0.4, -0.2) is 63.5 Å². The van der Waals surface area contributed by atoms with Crippen LogP contribution in [0.25, 0.3) is 5.57 Å². The van der Waals surface area contributed by atoms with Crippen LogP contribution in [0.3, 0.4) is 0 Å². The molecule has 3 aromatic carbocycles. The van der Waals surface area contributed by atoms with Crippen LogP contribution in [0.2, 0.25) is 0 Å². The van der Waals surface area contributed by atoms with Crippen molar-refractivity contribution in [3.8, 4) is 28.7 Å². The molecule has 1 unspecified atom stereocenters. The number of fused-ring (bicyclic) bond motifs is 4. The number of benzene rings is 3. The van der Waals surface area contributed by atoms with E-state index in [2.05, 4.69) is 0 Å². The molecule has 0 bridgehead atoms. The second-order valence-corrected chi connectivity index (χ2v) is 9.58. The number of ketones is 2. The highest BCUT2D eigenvalue weighted by Crippen LogP contribution is 2.50. The Hall–Kier alpha value is -5.22. The summed E-state index contributed by atoms with van der Waals surface area (Å²) in [6.45, 7) is -0.122. The van der Waals surface area contributed by atoms with Gasteiger partial charge in [-0.2, -0.15) is 0 Å². The summed E-state index contributed by atoms with van der Waals surface area (Å²) in [6, 6.07) is 14.4. The molecule has 5 N–H and O–H groups in total. The van der Waals surface area contributed by atoms with Gasteiger partial charge in [0.05, 0.1) is 14.2 Å². The zero-order valence-corrected chi connectivity index (χ0v) is 22.0. The standard InChI is InChI=1S/C16H12O6.C15H14O4/c17-10-2-1-8-13-9-4-12(19)11(18)3-7(9)5-16(13,21)6-22-15(8)14(10)20;1-18-11-8-12(16)14(13(9-11)19-2)15(17)10-6-4-3-5-7-10/h1-4,18-21H,5-6H2;3-9,16H,1-2H3. The van der Waals surface area contributed by atoms with Gasteiger partial charge in [0.2, 0.25) is 17.3 Å². The van der Waals surface area contributed by atoms with Crippen molar-refractivity contribution >= 4 is 17.1 Å². The van der Waals surface area contributed by atoms with Gasteiger partial charge >= 0.3 is 0 Å². The number of aliphatic hydroxyl groups is 2. The van der Waals surface area contributed by atoms with Crippen molar-refractivity contribution in [3.05, 3.63) is 106 Å². The van der Waals surface area contributed by atoms with Gasteiger partial charge in [-0.3, -0.25) is 9.59 Å². The molecule has 0 saturated carbocycles. The van der Waals surface area contributed by atoms with Gasteiger partial charge in [0.15, 0.2) is 17.3 Å². The first kappa shape index (κ1) is 27.4. The van der Waals surface area contributed by atoms with Gasteiger partial charge in [0.25, 0.3) is 0 Å².